The second-order valence-electron chi connectivity index (χ2n) is 2.99. The molecule has 2 atom stereocenters. The minimum absolute atomic E-state index is 0. The molecule has 0 amide bonds. The lowest BCUT2D eigenvalue weighted by atomic mass is 10.0. The second kappa shape index (κ2) is 6.22. The van der Waals surface area contributed by atoms with Gasteiger partial charge in [-0.1, -0.05) is 13.8 Å². The van der Waals surface area contributed by atoms with Crippen LogP contribution in [0.5, 0.6) is 0 Å². The molecule has 74 valence electrons. The maximum atomic E-state index is 10.2. The number of rotatable bonds is 4. The zero-order valence-corrected chi connectivity index (χ0v) is 8.04. The number of hydrogen-bond donors (Lipinski definition) is 3. The van der Waals surface area contributed by atoms with Gasteiger partial charge < -0.3 is 15.9 Å². The second-order valence-corrected chi connectivity index (χ2v) is 2.99. The molecule has 5 heteroatoms. The minimum Gasteiger partial charge on any atom is -0.480 e. The fourth-order valence-corrected chi connectivity index (χ4v) is 0.633. The van der Waals surface area contributed by atoms with Gasteiger partial charge in [-0.2, -0.15) is 0 Å². The first-order chi connectivity index (χ1) is 4.95. The molecule has 0 aliphatic carbocycles. The van der Waals surface area contributed by atoms with Gasteiger partial charge in [0.1, 0.15) is 6.04 Å². The lowest BCUT2D eigenvalue weighted by molar-refractivity contribution is -0.139. The molecule has 0 saturated heterocycles. The number of hydrogen-bond acceptors (Lipinski definition) is 3. The maximum Gasteiger partial charge on any atom is 0.320 e. The predicted molar refractivity (Wildman–Crippen MR) is 48.3 cm³/mol. The fourth-order valence-electron chi connectivity index (χ4n) is 0.633. The number of carboxylic acids is 1. The van der Waals surface area contributed by atoms with Crippen LogP contribution in [0, 0.1) is 5.92 Å². The van der Waals surface area contributed by atoms with E-state index in [0.717, 1.165) is 0 Å². The first kappa shape index (κ1) is 14.2. The van der Waals surface area contributed by atoms with Crippen LogP contribution >= 0.6 is 12.4 Å². The van der Waals surface area contributed by atoms with Crippen molar-refractivity contribution in [1.29, 1.82) is 0 Å². The largest absolute Gasteiger partial charge is 0.480 e. The van der Waals surface area contributed by atoms with Crippen molar-refractivity contribution < 1.29 is 15.0 Å². The molecule has 2 unspecified atom stereocenters. The standard InChI is InChI=1S/C7H15NO3.ClH/c1-4(2)6(9)3-5(8)7(10)11;/h4-6,9H,3,8H2,1-2H3,(H,10,11);1H. The summed E-state index contributed by atoms with van der Waals surface area (Å²) in [5.74, 6) is -1.01. The van der Waals surface area contributed by atoms with E-state index in [9.17, 15) is 9.90 Å². The summed E-state index contributed by atoms with van der Waals surface area (Å²) in [5.41, 5.74) is 5.20. The van der Waals surface area contributed by atoms with E-state index < -0.39 is 18.1 Å². The van der Waals surface area contributed by atoms with Crippen molar-refractivity contribution in [2.45, 2.75) is 32.4 Å². The molecule has 4 N–H and O–H groups in total. The Morgan fingerprint density at radius 3 is 2.17 bits per heavy atom. The summed E-state index contributed by atoms with van der Waals surface area (Å²) in [6.45, 7) is 3.64. The highest BCUT2D eigenvalue weighted by Crippen LogP contribution is 2.06. The highest BCUT2D eigenvalue weighted by atomic mass is 35.5. The molecule has 0 aromatic heterocycles. The van der Waals surface area contributed by atoms with Crippen molar-refractivity contribution in [3.05, 3.63) is 0 Å². The van der Waals surface area contributed by atoms with Crippen LogP contribution < -0.4 is 5.73 Å². The van der Waals surface area contributed by atoms with Crippen LogP contribution in [0.2, 0.25) is 0 Å². The maximum absolute atomic E-state index is 10.2. The third-order valence-corrected chi connectivity index (χ3v) is 1.58. The summed E-state index contributed by atoms with van der Waals surface area (Å²) >= 11 is 0. The molecular formula is C7H16ClNO3. The summed E-state index contributed by atoms with van der Waals surface area (Å²) in [7, 11) is 0. The average molecular weight is 198 g/mol. The Bertz CT molecular complexity index is 141. The number of carbonyl (C=O) groups is 1. The minimum atomic E-state index is -1.07. The predicted octanol–water partition coefficient (Wildman–Crippen LogP) is 0.227. The number of aliphatic hydroxyl groups excluding tert-OH is 1. The molecule has 0 bridgehead atoms. The van der Waals surface area contributed by atoms with Crippen LogP contribution in [0.4, 0.5) is 0 Å². The van der Waals surface area contributed by atoms with Gasteiger partial charge >= 0.3 is 5.97 Å². The van der Waals surface area contributed by atoms with E-state index in [4.69, 9.17) is 10.8 Å². The molecule has 4 nitrogen and oxygen atoms in total. The van der Waals surface area contributed by atoms with E-state index in [1.165, 1.54) is 0 Å². The van der Waals surface area contributed by atoms with E-state index in [2.05, 4.69) is 0 Å². The number of aliphatic carboxylic acids is 1. The van der Waals surface area contributed by atoms with Gasteiger partial charge in [-0.3, -0.25) is 4.79 Å². The van der Waals surface area contributed by atoms with Gasteiger partial charge in [0.25, 0.3) is 0 Å². The average Bonchev–Trinajstić information content (AvgIpc) is 1.87. The Morgan fingerprint density at radius 1 is 1.50 bits per heavy atom. The van der Waals surface area contributed by atoms with Crippen LogP contribution in [0.15, 0.2) is 0 Å². The number of carboxylic acid groups (broad SMARTS) is 1. The Labute approximate surface area is 78.2 Å². The first-order valence-electron chi connectivity index (χ1n) is 3.61. The van der Waals surface area contributed by atoms with Crippen molar-refractivity contribution in [2.24, 2.45) is 11.7 Å². The summed E-state index contributed by atoms with van der Waals surface area (Å²) < 4.78 is 0. The molecular weight excluding hydrogens is 182 g/mol. The molecule has 0 aromatic carbocycles. The molecule has 0 aliphatic heterocycles. The molecule has 0 heterocycles. The Balaban J connectivity index is 0. The summed E-state index contributed by atoms with van der Waals surface area (Å²) in [6.07, 6.45) is -0.506. The van der Waals surface area contributed by atoms with Gasteiger partial charge in [0, 0.05) is 0 Å². The van der Waals surface area contributed by atoms with Gasteiger partial charge in [0.2, 0.25) is 0 Å². The third kappa shape index (κ3) is 5.35. The van der Waals surface area contributed by atoms with Crippen molar-refractivity contribution in [3.8, 4) is 0 Å². The Morgan fingerprint density at radius 2 is 1.92 bits per heavy atom. The van der Waals surface area contributed by atoms with Gasteiger partial charge in [0.05, 0.1) is 6.10 Å². The zero-order chi connectivity index (χ0) is 9.02. The van der Waals surface area contributed by atoms with Crippen LogP contribution in [0.25, 0.3) is 0 Å². The van der Waals surface area contributed by atoms with E-state index in [-0.39, 0.29) is 24.7 Å². The molecule has 0 saturated carbocycles. The highest BCUT2D eigenvalue weighted by molar-refractivity contribution is 5.85. The van der Waals surface area contributed by atoms with Crippen LogP contribution in [-0.2, 0) is 4.79 Å². The zero-order valence-electron chi connectivity index (χ0n) is 7.23. The lowest BCUT2D eigenvalue weighted by Crippen LogP contribution is -2.35. The molecule has 12 heavy (non-hydrogen) atoms. The Kier molecular flexibility index (Phi) is 7.37. The summed E-state index contributed by atoms with van der Waals surface area (Å²) in [4.78, 5) is 10.2. The number of nitrogens with two attached hydrogens (primary N) is 1. The van der Waals surface area contributed by atoms with Crippen LogP contribution in [-0.4, -0.2) is 28.3 Å². The quantitative estimate of drug-likeness (QED) is 0.603. The van der Waals surface area contributed by atoms with Gasteiger partial charge in [0.15, 0.2) is 0 Å². The van der Waals surface area contributed by atoms with Crippen molar-refractivity contribution in [1.82, 2.24) is 0 Å². The van der Waals surface area contributed by atoms with E-state index in [1.54, 1.807) is 0 Å². The first-order valence-corrected chi connectivity index (χ1v) is 3.61. The summed E-state index contributed by atoms with van der Waals surface area (Å²) in [6, 6.07) is -0.951. The molecule has 0 rings (SSSR count). The topological polar surface area (TPSA) is 83.5 Å². The smallest absolute Gasteiger partial charge is 0.320 e. The van der Waals surface area contributed by atoms with Gasteiger partial charge in [-0.15, -0.1) is 12.4 Å². The SMILES string of the molecule is CC(C)C(O)CC(N)C(=O)O.Cl. The Hall–Kier alpha value is -0.320. The van der Waals surface area contributed by atoms with E-state index >= 15 is 0 Å². The highest BCUT2D eigenvalue weighted by Gasteiger charge is 2.18. The third-order valence-electron chi connectivity index (χ3n) is 1.58. The molecule has 0 radical (unpaired) electrons. The number of halogens is 1. The van der Waals surface area contributed by atoms with Crippen molar-refractivity contribution in [3.63, 3.8) is 0 Å². The summed E-state index contributed by atoms with van der Waals surface area (Å²) in [5, 5.41) is 17.6. The monoisotopic (exact) mass is 197 g/mol. The van der Waals surface area contributed by atoms with E-state index in [0.29, 0.717) is 0 Å². The van der Waals surface area contributed by atoms with E-state index in [1.807, 2.05) is 13.8 Å². The van der Waals surface area contributed by atoms with Gasteiger partial charge in [-0.05, 0) is 12.3 Å². The van der Waals surface area contributed by atoms with Gasteiger partial charge in [-0.25, -0.2) is 0 Å². The van der Waals surface area contributed by atoms with Crippen LogP contribution in [0.3, 0.4) is 0 Å². The molecule has 0 aliphatic rings. The molecule has 0 aromatic rings. The fraction of sp³-hybridized carbons (Fsp3) is 0.857. The normalized spacial score (nSPS) is 15.1. The number of aliphatic hydroxyl groups is 1. The van der Waals surface area contributed by atoms with Crippen molar-refractivity contribution >= 4 is 18.4 Å². The molecule has 0 fully saturated rings. The van der Waals surface area contributed by atoms with Crippen LogP contribution in [0.1, 0.15) is 20.3 Å². The lowest BCUT2D eigenvalue weighted by Gasteiger charge is -2.16. The van der Waals surface area contributed by atoms with Crippen molar-refractivity contribution in [2.75, 3.05) is 0 Å². The molecule has 0 spiro atoms.